The van der Waals surface area contributed by atoms with Gasteiger partial charge in [-0.15, -0.1) is 11.3 Å². The van der Waals surface area contributed by atoms with Crippen LogP contribution in [0.3, 0.4) is 0 Å². The molecule has 0 saturated carbocycles. The molecule has 0 radical (unpaired) electrons. The Morgan fingerprint density at radius 1 is 1.58 bits per heavy atom. The van der Waals surface area contributed by atoms with Gasteiger partial charge in [-0.1, -0.05) is 23.4 Å². The van der Waals surface area contributed by atoms with Crippen molar-refractivity contribution in [1.29, 1.82) is 0 Å². The Balaban J connectivity index is 1.88. The highest BCUT2D eigenvalue weighted by Crippen LogP contribution is 2.23. The molecule has 0 aliphatic heterocycles. The summed E-state index contributed by atoms with van der Waals surface area (Å²) in [7, 11) is 0. The molecule has 2 heterocycles. The summed E-state index contributed by atoms with van der Waals surface area (Å²) in [5, 5.41) is 7.12. The second kappa shape index (κ2) is 6.93. The Kier molecular flexibility index (Phi) is 5.24. The number of thiophene rings is 1. The lowest BCUT2D eigenvalue weighted by atomic mass is 10.4. The Labute approximate surface area is 124 Å². The van der Waals surface area contributed by atoms with Crippen LogP contribution in [0.5, 0.6) is 0 Å². The highest BCUT2D eigenvalue weighted by atomic mass is 35.5. The fraction of sp³-hybridized carbons (Fsp3) is 0.364. The summed E-state index contributed by atoms with van der Waals surface area (Å²) in [4.78, 5) is 19.0. The van der Waals surface area contributed by atoms with Gasteiger partial charge in [0.2, 0.25) is 5.91 Å². The van der Waals surface area contributed by atoms with E-state index < -0.39 is 0 Å². The van der Waals surface area contributed by atoms with Gasteiger partial charge in [0.05, 0.1) is 16.6 Å². The molecule has 1 amide bonds. The van der Waals surface area contributed by atoms with E-state index in [1.54, 1.807) is 4.90 Å². The number of rotatable bonds is 6. The van der Waals surface area contributed by atoms with Crippen LogP contribution in [0.2, 0.25) is 4.34 Å². The van der Waals surface area contributed by atoms with E-state index in [9.17, 15) is 4.79 Å². The Morgan fingerprint density at radius 2 is 2.42 bits per heavy atom. The number of carbonyl (C=O) groups is 1. The van der Waals surface area contributed by atoms with Crippen molar-refractivity contribution in [3.8, 4) is 0 Å². The van der Waals surface area contributed by atoms with Gasteiger partial charge in [-0.25, -0.2) is 4.98 Å². The molecule has 0 atom stereocenters. The largest absolute Gasteiger partial charge is 0.337 e. The number of aromatic nitrogens is 3. The molecule has 0 aromatic carbocycles. The summed E-state index contributed by atoms with van der Waals surface area (Å²) in [6, 6.07) is 3.80. The average molecular weight is 317 g/mol. The monoisotopic (exact) mass is 316 g/mol. The molecule has 0 spiro atoms. The third-order valence-corrected chi connectivity index (χ3v) is 4.51. The Morgan fingerprint density at radius 3 is 3.00 bits per heavy atom. The third kappa shape index (κ3) is 4.22. The van der Waals surface area contributed by atoms with Crippen molar-refractivity contribution in [2.75, 3.05) is 12.3 Å². The maximum atomic E-state index is 12.1. The SMILES string of the molecule is CCN(Cc1ccc(Cl)s1)C(=O)CSc1ncn[nH]1. The van der Waals surface area contributed by atoms with Crippen LogP contribution in [0, 0.1) is 0 Å². The van der Waals surface area contributed by atoms with Gasteiger partial charge in [0.1, 0.15) is 6.33 Å². The van der Waals surface area contributed by atoms with Crippen molar-refractivity contribution in [3.63, 3.8) is 0 Å². The first-order valence-corrected chi connectivity index (χ1v) is 7.87. The number of amides is 1. The van der Waals surface area contributed by atoms with Crippen LogP contribution in [0.25, 0.3) is 0 Å². The topological polar surface area (TPSA) is 61.9 Å². The molecule has 2 aromatic heterocycles. The predicted octanol–water partition coefficient (Wildman–Crippen LogP) is 2.66. The maximum Gasteiger partial charge on any atom is 0.233 e. The Hall–Kier alpha value is -1.05. The number of halogens is 1. The quantitative estimate of drug-likeness (QED) is 0.832. The van der Waals surface area contributed by atoms with Crippen molar-refractivity contribution in [2.24, 2.45) is 0 Å². The van der Waals surface area contributed by atoms with Gasteiger partial charge in [-0.2, -0.15) is 5.10 Å². The van der Waals surface area contributed by atoms with E-state index in [2.05, 4.69) is 15.2 Å². The molecule has 0 aliphatic carbocycles. The minimum Gasteiger partial charge on any atom is -0.337 e. The first-order chi connectivity index (χ1) is 9.19. The number of hydrogen-bond acceptors (Lipinski definition) is 5. The molecular formula is C11H13ClN4OS2. The van der Waals surface area contributed by atoms with E-state index in [1.807, 2.05) is 19.1 Å². The van der Waals surface area contributed by atoms with Crippen molar-refractivity contribution in [1.82, 2.24) is 20.1 Å². The number of nitrogens with one attached hydrogen (secondary N) is 1. The highest BCUT2D eigenvalue weighted by Gasteiger charge is 2.14. The maximum absolute atomic E-state index is 12.1. The lowest BCUT2D eigenvalue weighted by Gasteiger charge is -2.19. The minimum atomic E-state index is 0.0772. The second-order valence-electron chi connectivity index (χ2n) is 3.69. The van der Waals surface area contributed by atoms with Gasteiger partial charge in [-0.05, 0) is 19.1 Å². The molecule has 0 saturated heterocycles. The number of hydrogen-bond donors (Lipinski definition) is 1. The molecule has 2 rings (SSSR count). The fourth-order valence-electron chi connectivity index (χ4n) is 1.49. The summed E-state index contributed by atoms with van der Waals surface area (Å²) in [5.74, 6) is 0.427. The standard InChI is InChI=1S/C11H13ClN4OS2/c1-2-16(5-8-3-4-9(12)19-8)10(17)6-18-11-13-7-14-15-11/h3-4,7H,2,5-6H2,1H3,(H,13,14,15). The molecular weight excluding hydrogens is 304 g/mol. The van der Waals surface area contributed by atoms with Gasteiger partial charge >= 0.3 is 0 Å². The summed E-state index contributed by atoms with van der Waals surface area (Å²) >= 11 is 8.74. The average Bonchev–Trinajstić information content (AvgIpc) is 3.04. The molecule has 1 N–H and O–H groups in total. The van der Waals surface area contributed by atoms with Crippen molar-refractivity contribution < 1.29 is 4.79 Å². The zero-order valence-corrected chi connectivity index (χ0v) is 12.7. The van der Waals surface area contributed by atoms with Crippen molar-refractivity contribution in [2.45, 2.75) is 18.6 Å². The molecule has 19 heavy (non-hydrogen) atoms. The van der Waals surface area contributed by atoms with E-state index in [4.69, 9.17) is 11.6 Å². The number of thioether (sulfide) groups is 1. The molecule has 102 valence electrons. The van der Waals surface area contributed by atoms with Crippen LogP contribution in [0.4, 0.5) is 0 Å². The smallest absolute Gasteiger partial charge is 0.233 e. The molecule has 0 aliphatic rings. The zero-order valence-electron chi connectivity index (χ0n) is 10.3. The van der Waals surface area contributed by atoms with Crippen LogP contribution in [0.15, 0.2) is 23.6 Å². The van der Waals surface area contributed by atoms with E-state index in [0.29, 0.717) is 24.0 Å². The summed E-state index contributed by atoms with van der Waals surface area (Å²) in [5.41, 5.74) is 0. The molecule has 0 fully saturated rings. The van der Waals surface area contributed by atoms with E-state index >= 15 is 0 Å². The number of H-pyrrole nitrogens is 1. The van der Waals surface area contributed by atoms with Crippen LogP contribution in [-0.2, 0) is 11.3 Å². The molecule has 2 aromatic rings. The molecule has 0 bridgehead atoms. The number of carbonyl (C=O) groups excluding carboxylic acids is 1. The van der Waals surface area contributed by atoms with E-state index in [-0.39, 0.29) is 5.91 Å². The predicted molar refractivity (Wildman–Crippen MR) is 77.5 cm³/mol. The summed E-state index contributed by atoms with van der Waals surface area (Å²) in [6.45, 7) is 3.24. The summed E-state index contributed by atoms with van der Waals surface area (Å²) < 4.78 is 0.745. The lowest BCUT2D eigenvalue weighted by molar-refractivity contribution is -0.128. The second-order valence-corrected chi connectivity index (χ2v) is 6.46. The van der Waals surface area contributed by atoms with E-state index in [1.165, 1.54) is 29.4 Å². The Bertz CT molecular complexity index is 529. The van der Waals surface area contributed by atoms with Gasteiger partial charge in [0.15, 0.2) is 5.16 Å². The zero-order chi connectivity index (χ0) is 13.7. The van der Waals surface area contributed by atoms with Gasteiger partial charge in [0, 0.05) is 11.4 Å². The van der Waals surface area contributed by atoms with Crippen LogP contribution >= 0.6 is 34.7 Å². The number of nitrogens with zero attached hydrogens (tertiary/aromatic N) is 3. The third-order valence-electron chi connectivity index (χ3n) is 2.44. The van der Waals surface area contributed by atoms with Gasteiger partial charge in [-0.3, -0.25) is 9.89 Å². The fourth-order valence-corrected chi connectivity index (χ4v) is 3.27. The lowest BCUT2D eigenvalue weighted by Crippen LogP contribution is -2.31. The normalized spacial score (nSPS) is 10.6. The van der Waals surface area contributed by atoms with Gasteiger partial charge in [0.25, 0.3) is 0 Å². The number of aromatic amines is 1. The molecule has 5 nitrogen and oxygen atoms in total. The van der Waals surface area contributed by atoms with Crippen LogP contribution in [0.1, 0.15) is 11.8 Å². The van der Waals surface area contributed by atoms with Crippen molar-refractivity contribution >= 4 is 40.6 Å². The minimum absolute atomic E-state index is 0.0772. The van der Waals surface area contributed by atoms with Gasteiger partial charge < -0.3 is 4.90 Å². The molecule has 8 heteroatoms. The van der Waals surface area contributed by atoms with E-state index in [0.717, 1.165) is 9.21 Å². The van der Waals surface area contributed by atoms with Crippen LogP contribution in [-0.4, -0.2) is 38.3 Å². The first-order valence-electron chi connectivity index (χ1n) is 5.69. The first kappa shape index (κ1) is 14.4. The molecule has 0 unspecified atom stereocenters. The van der Waals surface area contributed by atoms with Crippen molar-refractivity contribution in [3.05, 3.63) is 27.7 Å². The van der Waals surface area contributed by atoms with Crippen LogP contribution < -0.4 is 0 Å². The summed E-state index contributed by atoms with van der Waals surface area (Å²) in [6.07, 6.45) is 1.43. The highest BCUT2D eigenvalue weighted by molar-refractivity contribution is 7.99.